The summed E-state index contributed by atoms with van der Waals surface area (Å²) < 4.78 is 5.25. The highest BCUT2D eigenvalue weighted by Gasteiger charge is 2.29. The van der Waals surface area contributed by atoms with Gasteiger partial charge in [0, 0.05) is 12.1 Å². The molecule has 0 aromatic heterocycles. The Balaban J connectivity index is 1.84. The number of nitro benzene ring substituents is 1. The summed E-state index contributed by atoms with van der Waals surface area (Å²) in [4.78, 5) is 36.0. The standard InChI is InChI=1S/C16H11Cl2N3O5/c17-10-2-1-3-11(16(10)18)19-14(22)7-20-12-6-9(21(24)25)4-5-13(12)26-8-15(20)23/h1-6H,7-8H2,(H,19,22). The Morgan fingerprint density at radius 1 is 1.31 bits per heavy atom. The van der Waals surface area contributed by atoms with Crippen molar-refractivity contribution in [3.8, 4) is 5.75 Å². The minimum Gasteiger partial charge on any atom is -0.482 e. The normalized spacial score (nSPS) is 13.0. The Bertz CT molecular complexity index is 919. The van der Waals surface area contributed by atoms with Crippen molar-refractivity contribution in [3.05, 3.63) is 56.6 Å². The number of nitrogens with zero attached hydrogens (tertiary/aromatic N) is 2. The number of rotatable bonds is 4. The topological polar surface area (TPSA) is 102 Å². The van der Waals surface area contributed by atoms with Crippen LogP contribution in [0.4, 0.5) is 17.1 Å². The van der Waals surface area contributed by atoms with Crippen molar-refractivity contribution in [1.82, 2.24) is 0 Å². The highest BCUT2D eigenvalue weighted by Crippen LogP contribution is 2.35. The van der Waals surface area contributed by atoms with Gasteiger partial charge in [-0.25, -0.2) is 0 Å². The van der Waals surface area contributed by atoms with Gasteiger partial charge in [-0.2, -0.15) is 0 Å². The summed E-state index contributed by atoms with van der Waals surface area (Å²) in [6.07, 6.45) is 0. The molecule has 0 saturated carbocycles. The van der Waals surface area contributed by atoms with Crippen molar-refractivity contribution >= 4 is 52.1 Å². The lowest BCUT2D eigenvalue weighted by Gasteiger charge is -2.28. The van der Waals surface area contributed by atoms with Gasteiger partial charge in [0.1, 0.15) is 12.3 Å². The fourth-order valence-corrected chi connectivity index (χ4v) is 2.76. The number of carbonyl (C=O) groups is 2. The van der Waals surface area contributed by atoms with E-state index in [0.29, 0.717) is 5.69 Å². The number of benzene rings is 2. The van der Waals surface area contributed by atoms with Crippen LogP contribution in [0.5, 0.6) is 5.75 Å². The molecule has 3 rings (SSSR count). The van der Waals surface area contributed by atoms with E-state index >= 15 is 0 Å². The number of hydrogen-bond acceptors (Lipinski definition) is 5. The Morgan fingerprint density at radius 3 is 2.81 bits per heavy atom. The van der Waals surface area contributed by atoms with Crippen LogP contribution in [-0.4, -0.2) is 29.9 Å². The van der Waals surface area contributed by atoms with Gasteiger partial charge in [0.2, 0.25) is 5.91 Å². The first-order chi connectivity index (χ1) is 12.4. The van der Waals surface area contributed by atoms with Crippen LogP contribution in [0.15, 0.2) is 36.4 Å². The van der Waals surface area contributed by atoms with Gasteiger partial charge in [-0.1, -0.05) is 29.3 Å². The molecular formula is C16H11Cl2N3O5. The summed E-state index contributed by atoms with van der Waals surface area (Å²) in [5.74, 6) is -0.754. The second kappa shape index (κ2) is 7.19. The van der Waals surface area contributed by atoms with Crippen molar-refractivity contribution in [2.75, 3.05) is 23.4 Å². The lowest BCUT2D eigenvalue weighted by Crippen LogP contribution is -2.43. The molecule has 0 atom stereocenters. The molecule has 2 aromatic carbocycles. The maximum absolute atomic E-state index is 12.3. The van der Waals surface area contributed by atoms with E-state index in [4.69, 9.17) is 27.9 Å². The van der Waals surface area contributed by atoms with Crippen molar-refractivity contribution in [2.24, 2.45) is 0 Å². The fraction of sp³-hybridized carbons (Fsp3) is 0.125. The lowest BCUT2D eigenvalue weighted by atomic mass is 10.2. The smallest absolute Gasteiger partial charge is 0.271 e. The number of halogens is 2. The summed E-state index contributed by atoms with van der Waals surface area (Å²) in [6, 6.07) is 8.58. The van der Waals surface area contributed by atoms with Gasteiger partial charge >= 0.3 is 0 Å². The molecule has 0 radical (unpaired) electrons. The van der Waals surface area contributed by atoms with Gasteiger partial charge in [0.15, 0.2) is 6.61 Å². The summed E-state index contributed by atoms with van der Waals surface area (Å²) >= 11 is 11.9. The molecule has 0 saturated heterocycles. The largest absolute Gasteiger partial charge is 0.482 e. The summed E-state index contributed by atoms with van der Waals surface area (Å²) in [7, 11) is 0. The zero-order valence-corrected chi connectivity index (χ0v) is 14.6. The van der Waals surface area contributed by atoms with Crippen LogP contribution >= 0.6 is 23.2 Å². The number of nitrogens with one attached hydrogen (secondary N) is 1. The number of ether oxygens (including phenoxy) is 1. The van der Waals surface area contributed by atoms with Crippen molar-refractivity contribution in [2.45, 2.75) is 0 Å². The first-order valence-corrected chi connectivity index (χ1v) is 8.08. The minimum atomic E-state index is -0.594. The predicted molar refractivity (Wildman–Crippen MR) is 96.0 cm³/mol. The van der Waals surface area contributed by atoms with E-state index in [1.54, 1.807) is 18.2 Å². The van der Waals surface area contributed by atoms with Crippen LogP contribution in [0.2, 0.25) is 10.0 Å². The maximum atomic E-state index is 12.3. The third-order valence-electron chi connectivity index (χ3n) is 3.62. The van der Waals surface area contributed by atoms with Gasteiger partial charge < -0.3 is 10.1 Å². The highest BCUT2D eigenvalue weighted by atomic mass is 35.5. The second-order valence-electron chi connectivity index (χ2n) is 5.33. The number of nitro groups is 1. The quantitative estimate of drug-likeness (QED) is 0.632. The zero-order chi connectivity index (χ0) is 18.8. The van der Waals surface area contributed by atoms with E-state index in [2.05, 4.69) is 5.32 Å². The van der Waals surface area contributed by atoms with Crippen molar-refractivity contribution in [3.63, 3.8) is 0 Å². The number of anilines is 2. The van der Waals surface area contributed by atoms with Crippen molar-refractivity contribution < 1.29 is 19.2 Å². The molecule has 0 spiro atoms. The Kier molecular flexibility index (Phi) is 4.97. The van der Waals surface area contributed by atoms with Gasteiger partial charge in [-0.3, -0.25) is 24.6 Å². The Labute approximate surface area is 157 Å². The molecule has 0 aliphatic carbocycles. The number of amides is 2. The molecule has 26 heavy (non-hydrogen) atoms. The molecule has 2 aromatic rings. The molecule has 1 N–H and O–H groups in total. The van der Waals surface area contributed by atoms with Crippen LogP contribution in [0.25, 0.3) is 0 Å². The number of hydrogen-bond donors (Lipinski definition) is 1. The van der Waals surface area contributed by atoms with Gasteiger partial charge in [0.05, 0.1) is 26.3 Å². The predicted octanol–water partition coefficient (Wildman–Crippen LogP) is 3.27. The molecule has 8 nitrogen and oxygen atoms in total. The lowest BCUT2D eigenvalue weighted by molar-refractivity contribution is -0.384. The van der Waals surface area contributed by atoms with E-state index in [1.165, 1.54) is 18.2 Å². The first-order valence-electron chi connectivity index (χ1n) is 7.32. The molecule has 1 aliphatic rings. The average Bonchev–Trinajstić information content (AvgIpc) is 2.61. The molecule has 0 fully saturated rings. The van der Waals surface area contributed by atoms with Crippen LogP contribution in [0.1, 0.15) is 0 Å². The van der Waals surface area contributed by atoms with Crippen LogP contribution in [0, 0.1) is 10.1 Å². The van der Waals surface area contributed by atoms with E-state index in [0.717, 1.165) is 4.90 Å². The van der Waals surface area contributed by atoms with Crippen LogP contribution < -0.4 is 15.0 Å². The van der Waals surface area contributed by atoms with Gasteiger partial charge in [0.25, 0.3) is 11.6 Å². The van der Waals surface area contributed by atoms with Crippen LogP contribution in [0.3, 0.4) is 0 Å². The first kappa shape index (κ1) is 18.0. The third-order valence-corrected chi connectivity index (χ3v) is 4.44. The zero-order valence-electron chi connectivity index (χ0n) is 13.1. The van der Waals surface area contributed by atoms with E-state index in [9.17, 15) is 19.7 Å². The molecule has 0 bridgehead atoms. The van der Waals surface area contributed by atoms with Crippen LogP contribution in [-0.2, 0) is 9.59 Å². The van der Waals surface area contributed by atoms with Gasteiger partial charge in [-0.05, 0) is 18.2 Å². The number of fused-ring (bicyclic) bond motifs is 1. The molecule has 1 heterocycles. The SMILES string of the molecule is O=C(CN1C(=O)COc2ccc([N+](=O)[O-])cc21)Nc1cccc(Cl)c1Cl. The fourth-order valence-electron chi connectivity index (χ4n) is 2.41. The Hall–Kier alpha value is -2.84. The summed E-state index contributed by atoms with van der Waals surface area (Å²) in [6.45, 7) is -0.630. The number of carbonyl (C=O) groups excluding carboxylic acids is 2. The summed E-state index contributed by atoms with van der Waals surface area (Å²) in [5.41, 5.74) is 0.234. The van der Waals surface area contributed by atoms with E-state index in [1.807, 2.05) is 0 Å². The van der Waals surface area contributed by atoms with E-state index < -0.39 is 16.7 Å². The van der Waals surface area contributed by atoms with Gasteiger partial charge in [-0.15, -0.1) is 0 Å². The minimum absolute atomic E-state index is 0.155. The number of non-ortho nitro benzene ring substituents is 1. The van der Waals surface area contributed by atoms with Crippen molar-refractivity contribution in [1.29, 1.82) is 0 Å². The molecule has 1 aliphatic heterocycles. The Morgan fingerprint density at radius 2 is 2.08 bits per heavy atom. The second-order valence-corrected chi connectivity index (χ2v) is 6.11. The van der Waals surface area contributed by atoms with E-state index in [-0.39, 0.29) is 40.3 Å². The summed E-state index contributed by atoms with van der Waals surface area (Å²) in [5, 5.41) is 14.0. The third kappa shape index (κ3) is 3.56. The molecule has 2 amide bonds. The molecule has 134 valence electrons. The average molecular weight is 396 g/mol. The highest BCUT2D eigenvalue weighted by molar-refractivity contribution is 6.44. The molecule has 0 unspecified atom stereocenters. The maximum Gasteiger partial charge on any atom is 0.271 e. The monoisotopic (exact) mass is 395 g/mol. The molecular weight excluding hydrogens is 385 g/mol. The molecule has 10 heteroatoms.